The average molecular weight is 474 g/mol. The molecule has 0 unspecified atom stereocenters. The molecular weight excluding hydrogens is 446 g/mol. The molecule has 4 N–H and O–H groups in total. The van der Waals surface area contributed by atoms with Crippen molar-refractivity contribution >= 4 is 51.4 Å². The van der Waals surface area contributed by atoms with E-state index in [1.165, 1.54) is 11.3 Å². The molecule has 32 heavy (non-hydrogen) atoms. The smallest absolute Gasteiger partial charge is 0.226 e. The second kappa shape index (κ2) is 10.6. The SMILES string of the molecule is CC(C)(C)c1cnc(CSc2cnc(NC(=O)CCCC(=O)Nc3ccccc3N)s2)o1. The van der Waals surface area contributed by atoms with Gasteiger partial charge in [0.1, 0.15) is 5.76 Å². The van der Waals surface area contributed by atoms with E-state index in [1.54, 1.807) is 48.4 Å². The second-order valence-corrected chi connectivity index (χ2v) is 10.5. The van der Waals surface area contributed by atoms with Crippen LogP contribution in [0.4, 0.5) is 16.5 Å². The van der Waals surface area contributed by atoms with Crippen LogP contribution in [-0.2, 0) is 20.8 Å². The van der Waals surface area contributed by atoms with Crippen molar-refractivity contribution in [1.82, 2.24) is 9.97 Å². The fraction of sp³-hybridized carbons (Fsp3) is 0.364. The number of hydrogen-bond acceptors (Lipinski definition) is 8. The third-order valence-electron chi connectivity index (χ3n) is 4.40. The summed E-state index contributed by atoms with van der Waals surface area (Å²) in [6.45, 7) is 6.23. The predicted octanol–water partition coefficient (Wildman–Crippen LogP) is 5.05. The van der Waals surface area contributed by atoms with Crippen LogP contribution in [0, 0.1) is 0 Å². The van der Waals surface area contributed by atoms with Gasteiger partial charge in [-0.15, -0.1) is 11.8 Å². The molecule has 0 spiro atoms. The highest BCUT2D eigenvalue weighted by Crippen LogP contribution is 2.31. The summed E-state index contributed by atoms with van der Waals surface area (Å²) in [5.41, 5.74) is 6.82. The van der Waals surface area contributed by atoms with Crippen molar-refractivity contribution in [2.75, 3.05) is 16.4 Å². The molecule has 0 saturated carbocycles. The summed E-state index contributed by atoms with van der Waals surface area (Å²) in [7, 11) is 0. The van der Waals surface area contributed by atoms with E-state index < -0.39 is 0 Å². The first kappa shape index (κ1) is 23.8. The highest BCUT2D eigenvalue weighted by Gasteiger charge is 2.19. The molecule has 0 radical (unpaired) electrons. The van der Waals surface area contributed by atoms with E-state index in [-0.39, 0.29) is 30.1 Å². The standard InChI is InChI=1S/C22H27N5O3S2/c1-22(2,3)16-11-24-19(30-16)13-31-20-12-25-21(32-20)27-18(29)10-6-9-17(28)26-15-8-5-4-7-14(15)23/h4-5,7-8,11-12H,6,9-10,13,23H2,1-3H3,(H,26,28)(H,25,27,29). The molecule has 8 nitrogen and oxygen atoms in total. The number of aromatic nitrogens is 2. The average Bonchev–Trinajstić information content (AvgIpc) is 3.37. The predicted molar refractivity (Wildman–Crippen MR) is 129 cm³/mol. The first-order chi connectivity index (χ1) is 15.2. The Morgan fingerprint density at radius 2 is 1.81 bits per heavy atom. The lowest BCUT2D eigenvalue weighted by atomic mass is 9.94. The van der Waals surface area contributed by atoms with Gasteiger partial charge in [-0.1, -0.05) is 44.2 Å². The molecule has 3 rings (SSSR count). The topological polar surface area (TPSA) is 123 Å². The molecule has 0 atom stereocenters. The Bertz CT molecular complexity index is 1070. The largest absolute Gasteiger partial charge is 0.444 e. The third kappa shape index (κ3) is 7.10. The van der Waals surface area contributed by atoms with Crippen molar-refractivity contribution in [2.24, 2.45) is 0 Å². The number of nitrogens with zero attached hydrogens (tertiary/aromatic N) is 2. The van der Waals surface area contributed by atoms with Crippen LogP contribution < -0.4 is 16.4 Å². The van der Waals surface area contributed by atoms with E-state index in [4.69, 9.17) is 10.2 Å². The summed E-state index contributed by atoms with van der Waals surface area (Å²) in [6, 6.07) is 7.06. The molecule has 10 heteroatoms. The van der Waals surface area contributed by atoms with Crippen LogP contribution in [0.1, 0.15) is 51.7 Å². The number of carbonyl (C=O) groups excluding carboxylic acids is 2. The molecule has 1 aromatic carbocycles. The zero-order chi connectivity index (χ0) is 23.1. The molecule has 0 aliphatic carbocycles. The van der Waals surface area contributed by atoms with Crippen LogP contribution in [0.3, 0.4) is 0 Å². The van der Waals surface area contributed by atoms with Gasteiger partial charge in [0.2, 0.25) is 17.7 Å². The molecule has 0 aliphatic rings. The summed E-state index contributed by atoms with van der Waals surface area (Å²) in [6.07, 6.45) is 4.37. The number of oxazole rings is 1. The van der Waals surface area contributed by atoms with Crippen molar-refractivity contribution in [3.05, 3.63) is 48.3 Å². The normalized spacial score (nSPS) is 11.3. The molecule has 0 saturated heterocycles. The summed E-state index contributed by atoms with van der Waals surface area (Å²) < 4.78 is 6.75. The summed E-state index contributed by atoms with van der Waals surface area (Å²) in [4.78, 5) is 32.8. The van der Waals surface area contributed by atoms with E-state index in [9.17, 15) is 9.59 Å². The van der Waals surface area contributed by atoms with Crippen LogP contribution in [-0.4, -0.2) is 21.8 Å². The zero-order valence-corrected chi connectivity index (χ0v) is 19.9. The first-order valence-electron chi connectivity index (χ1n) is 10.2. The van der Waals surface area contributed by atoms with Crippen LogP contribution >= 0.6 is 23.1 Å². The highest BCUT2D eigenvalue weighted by molar-refractivity contribution is 8.00. The lowest BCUT2D eigenvalue weighted by molar-refractivity contribution is -0.117. The van der Waals surface area contributed by atoms with Gasteiger partial charge in [-0.2, -0.15) is 0 Å². The van der Waals surface area contributed by atoms with Gasteiger partial charge in [-0.05, 0) is 18.6 Å². The van der Waals surface area contributed by atoms with Crippen LogP contribution in [0.25, 0.3) is 0 Å². The van der Waals surface area contributed by atoms with E-state index in [2.05, 4.69) is 41.4 Å². The maximum Gasteiger partial charge on any atom is 0.226 e. The van der Waals surface area contributed by atoms with Gasteiger partial charge in [-0.3, -0.25) is 9.59 Å². The minimum Gasteiger partial charge on any atom is -0.444 e. The lowest BCUT2D eigenvalue weighted by Crippen LogP contribution is -2.15. The van der Waals surface area contributed by atoms with Crippen LogP contribution in [0.2, 0.25) is 0 Å². The molecular formula is C22H27N5O3S2. The number of amides is 2. The molecule has 0 fully saturated rings. The fourth-order valence-electron chi connectivity index (χ4n) is 2.66. The van der Waals surface area contributed by atoms with Crippen LogP contribution in [0.15, 0.2) is 45.3 Å². The molecule has 0 bridgehead atoms. The second-order valence-electron chi connectivity index (χ2n) is 8.18. The quantitative estimate of drug-likeness (QED) is 0.293. The number of rotatable bonds is 9. The molecule has 2 amide bonds. The Hall–Kier alpha value is -2.85. The Labute approximate surface area is 195 Å². The van der Waals surface area contributed by atoms with E-state index in [0.717, 1.165) is 9.97 Å². The van der Waals surface area contributed by atoms with Gasteiger partial charge in [0, 0.05) is 18.3 Å². The van der Waals surface area contributed by atoms with Gasteiger partial charge in [0.15, 0.2) is 5.13 Å². The first-order valence-corrected chi connectivity index (χ1v) is 12.0. The summed E-state index contributed by atoms with van der Waals surface area (Å²) in [5, 5.41) is 6.06. The summed E-state index contributed by atoms with van der Waals surface area (Å²) in [5.74, 6) is 1.75. The van der Waals surface area contributed by atoms with Crippen LogP contribution in [0.5, 0.6) is 0 Å². The van der Waals surface area contributed by atoms with Crippen molar-refractivity contribution < 1.29 is 14.0 Å². The number of nitrogens with two attached hydrogens (primary N) is 1. The highest BCUT2D eigenvalue weighted by atomic mass is 32.2. The summed E-state index contributed by atoms with van der Waals surface area (Å²) >= 11 is 2.95. The van der Waals surface area contributed by atoms with Gasteiger partial charge in [0.25, 0.3) is 0 Å². The number of para-hydroxylation sites is 2. The number of hydrogen-bond donors (Lipinski definition) is 3. The van der Waals surface area contributed by atoms with Gasteiger partial charge < -0.3 is 20.8 Å². The van der Waals surface area contributed by atoms with Crippen molar-refractivity contribution in [2.45, 2.75) is 55.4 Å². The minimum absolute atomic E-state index is 0.0760. The van der Waals surface area contributed by atoms with E-state index in [0.29, 0.717) is 34.6 Å². The third-order valence-corrected chi connectivity index (χ3v) is 6.50. The Balaban J connectivity index is 1.38. The van der Waals surface area contributed by atoms with E-state index >= 15 is 0 Å². The number of carbonyl (C=O) groups is 2. The van der Waals surface area contributed by atoms with Gasteiger partial charge in [0.05, 0.1) is 33.7 Å². The number of nitrogen functional groups attached to an aromatic ring is 1. The maximum atomic E-state index is 12.2. The maximum absolute atomic E-state index is 12.2. The number of thiazole rings is 1. The molecule has 3 aromatic rings. The zero-order valence-electron chi connectivity index (χ0n) is 18.3. The molecule has 2 aromatic heterocycles. The molecule has 2 heterocycles. The van der Waals surface area contributed by atoms with Gasteiger partial charge >= 0.3 is 0 Å². The molecule has 170 valence electrons. The van der Waals surface area contributed by atoms with Crippen molar-refractivity contribution in [3.63, 3.8) is 0 Å². The lowest BCUT2D eigenvalue weighted by Gasteiger charge is -2.12. The van der Waals surface area contributed by atoms with Crippen molar-refractivity contribution in [1.29, 1.82) is 0 Å². The van der Waals surface area contributed by atoms with Gasteiger partial charge in [-0.25, -0.2) is 9.97 Å². The Morgan fingerprint density at radius 3 is 2.50 bits per heavy atom. The molecule has 0 aliphatic heterocycles. The number of benzene rings is 1. The fourth-order valence-corrected chi connectivity index (χ4v) is 4.40. The Kier molecular flexibility index (Phi) is 7.92. The number of nitrogens with one attached hydrogen (secondary N) is 2. The number of thioether (sulfide) groups is 1. The number of anilines is 3. The van der Waals surface area contributed by atoms with E-state index in [1.807, 2.05) is 0 Å². The monoisotopic (exact) mass is 473 g/mol. The minimum atomic E-state index is -0.176. The Morgan fingerprint density at radius 1 is 1.09 bits per heavy atom. The van der Waals surface area contributed by atoms with Crippen molar-refractivity contribution in [3.8, 4) is 0 Å².